The molecule has 0 spiro atoms. The number of fused-ring (bicyclic) bond motifs is 1. The molecule has 122 valence electrons. The molecule has 3 aromatic rings. The third-order valence-corrected chi connectivity index (χ3v) is 4.09. The first kappa shape index (κ1) is 14.6. The monoisotopic (exact) mass is 326 g/mol. The summed E-state index contributed by atoms with van der Waals surface area (Å²) >= 11 is 0. The van der Waals surface area contributed by atoms with Gasteiger partial charge >= 0.3 is 0 Å². The van der Waals surface area contributed by atoms with E-state index < -0.39 is 12.1 Å². The van der Waals surface area contributed by atoms with E-state index in [0.717, 1.165) is 16.5 Å². The Hall–Kier alpha value is -2.96. The Morgan fingerprint density at radius 1 is 1.38 bits per heavy atom. The van der Waals surface area contributed by atoms with E-state index in [2.05, 4.69) is 20.3 Å². The van der Waals surface area contributed by atoms with Crippen LogP contribution in [0.15, 0.2) is 36.7 Å². The second kappa shape index (κ2) is 5.59. The van der Waals surface area contributed by atoms with Crippen LogP contribution in [0.3, 0.4) is 0 Å². The molecule has 1 fully saturated rings. The van der Waals surface area contributed by atoms with E-state index in [4.69, 9.17) is 4.74 Å². The summed E-state index contributed by atoms with van der Waals surface area (Å²) in [5.74, 6) is 0.0630. The molecule has 0 radical (unpaired) electrons. The molecular formula is C17H15FN4O2. The summed E-state index contributed by atoms with van der Waals surface area (Å²) in [5.41, 5.74) is 2.38. The number of halogens is 1. The van der Waals surface area contributed by atoms with E-state index in [-0.39, 0.29) is 5.91 Å². The molecule has 0 saturated heterocycles. The SMILES string of the molecule is COc1ncccc1-c1c[nH]c2nc(NC(=O)[C@H]3C[C@H]3F)ccc12. The van der Waals surface area contributed by atoms with Crippen molar-refractivity contribution in [3.63, 3.8) is 0 Å². The maximum Gasteiger partial charge on any atom is 0.231 e. The summed E-state index contributed by atoms with van der Waals surface area (Å²) in [6, 6.07) is 7.31. The molecule has 7 heteroatoms. The Bertz CT molecular complexity index is 924. The van der Waals surface area contributed by atoms with Gasteiger partial charge in [-0.1, -0.05) is 0 Å². The number of amides is 1. The van der Waals surface area contributed by atoms with Crippen LogP contribution in [0, 0.1) is 5.92 Å². The van der Waals surface area contributed by atoms with Crippen LogP contribution in [-0.4, -0.2) is 34.1 Å². The van der Waals surface area contributed by atoms with E-state index in [1.807, 2.05) is 24.4 Å². The van der Waals surface area contributed by atoms with Gasteiger partial charge in [-0.15, -0.1) is 0 Å². The highest BCUT2D eigenvalue weighted by atomic mass is 19.1. The summed E-state index contributed by atoms with van der Waals surface area (Å²) in [6.45, 7) is 0. The molecule has 6 nitrogen and oxygen atoms in total. The second-order valence-electron chi connectivity index (χ2n) is 5.70. The predicted octanol–water partition coefficient (Wildman–Crippen LogP) is 2.93. The highest BCUT2D eigenvalue weighted by molar-refractivity contribution is 5.98. The number of nitrogens with zero attached hydrogens (tertiary/aromatic N) is 2. The van der Waals surface area contributed by atoms with Gasteiger partial charge in [-0.05, 0) is 30.7 Å². The van der Waals surface area contributed by atoms with Crippen LogP contribution >= 0.6 is 0 Å². The van der Waals surface area contributed by atoms with Crippen molar-refractivity contribution in [2.24, 2.45) is 5.92 Å². The number of ether oxygens (including phenoxy) is 1. The first-order valence-electron chi connectivity index (χ1n) is 7.60. The van der Waals surface area contributed by atoms with Crippen molar-refractivity contribution in [2.45, 2.75) is 12.6 Å². The van der Waals surface area contributed by atoms with Gasteiger partial charge in [0.05, 0.1) is 13.0 Å². The lowest BCUT2D eigenvalue weighted by Gasteiger charge is -2.06. The number of hydrogen-bond acceptors (Lipinski definition) is 4. The molecule has 0 unspecified atom stereocenters. The van der Waals surface area contributed by atoms with Crippen LogP contribution in [0.5, 0.6) is 5.88 Å². The van der Waals surface area contributed by atoms with Gasteiger partial charge in [-0.3, -0.25) is 4.79 Å². The minimum atomic E-state index is -1.02. The minimum absolute atomic E-state index is 0.293. The number of hydrogen-bond donors (Lipinski definition) is 2. The van der Waals surface area contributed by atoms with Gasteiger partial charge in [0, 0.05) is 28.9 Å². The molecule has 0 aliphatic heterocycles. The highest BCUT2D eigenvalue weighted by Crippen LogP contribution is 2.35. The van der Waals surface area contributed by atoms with Crippen LogP contribution in [0.1, 0.15) is 6.42 Å². The fraction of sp³-hybridized carbons (Fsp3) is 0.235. The molecule has 2 N–H and O–H groups in total. The average Bonchev–Trinajstić information content (AvgIpc) is 3.19. The zero-order valence-corrected chi connectivity index (χ0v) is 12.9. The zero-order chi connectivity index (χ0) is 16.7. The number of carbonyl (C=O) groups is 1. The van der Waals surface area contributed by atoms with Crippen molar-refractivity contribution >= 4 is 22.8 Å². The van der Waals surface area contributed by atoms with E-state index in [1.54, 1.807) is 19.4 Å². The van der Waals surface area contributed by atoms with Gasteiger partial charge in [0.2, 0.25) is 11.8 Å². The minimum Gasteiger partial charge on any atom is -0.481 e. The molecule has 0 bridgehead atoms. The molecular weight excluding hydrogens is 311 g/mol. The third kappa shape index (κ3) is 2.47. The number of alkyl halides is 1. The average molecular weight is 326 g/mol. The summed E-state index contributed by atoms with van der Waals surface area (Å²) < 4.78 is 18.2. The maximum atomic E-state index is 12.9. The molecule has 0 aromatic carbocycles. The molecule has 1 amide bonds. The molecule has 1 saturated carbocycles. The molecule has 3 aromatic heterocycles. The summed E-state index contributed by atoms with van der Waals surface area (Å²) in [6.07, 6.45) is 2.76. The number of aromatic nitrogens is 3. The lowest BCUT2D eigenvalue weighted by atomic mass is 10.1. The fourth-order valence-corrected chi connectivity index (χ4v) is 2.71. The van der Waals surface area contributed by atoms with Gasteiger partial charge in [0.1, 0.15) is 17.6 Å². The molecule has 3 heterocycles. The first-order valence-corrected chi connectivity index (χ1v) is 7.60. The Morgan fingerprint density at radius 2 is 2.21 bits per heavy atom. The van der Waals surface area contributed by atoms with Crippen molar-refractivity contribution in [1.29, 1.82) is 0 Å². The van der Waals surface area contributed by atoms with E-state index >= 15 is 0 Å². The second-order valence-corrected chi connectivity index (χ2v) is 5.70. The number of carbonyl (C=O) groups excluding carboxylic acids is 1. The quantitative estimate of drug-likeness (QED) is 0.772. The molecule has 1 aliphatic carbocycles. The highest BCUT2D eigenvalue weighted by Gasteiger charge is 2.43. The number of pyridine rings is 2. The number of nitrogens with one attached hydrogen (secondary N) is 2. The Labute approximate surface area is 137 Å². The van der Waals surface area contributed by atoms with Crippen LogP contribution in [0.2, 0.25) is 0 Å². The van der Waals surface area contributed by atoms with Crippen LogP contribution in [-0.2, 0) is 4.79 Å². The van der Waals surface area contributed by atoms with Crippen LogP contribution < -0.4 is 10.1 Å². The zero-order valence-electron chi connectivity index (χ0n) is 12.9. The van der Waals surface area contributed by atoms with Gasteiger partial charge in [0.15, 0.2) is 0 Å². The smallest absolute Gasteiger partial charge is 0.231 e. The number of aromatic amines is 1. The topological polar surface area (TPSA) is 79.9 Å². The van der Waals surface area contributed by atoms with Crippen molar-refractivity contribution in [3.8, 4) is 17.0 Å². The summed E-state index contributed by atoms with van der Waals surface area (Å²) in [7, 11) is 1.57. The third-order valence-electron chi connectivity index (χ3n) is 4.09. The fourth-order valence-electron chi connectivity index (χ4n) is 2.71. The van der Waals surface area contributed by atoms with Gasteiger partial charge < -0.3 is 15.0 Å². The van der Waals surface area contributed by atoms with Crippen molar-refractivity contribution in [2.75, 3.05) is 12.4 Å². The first-order chi connectivity index (χ1) is 11.7. The maximum absolute atomic E-state index is 12.9. The van der Waals surface area contributed by atoms with Gasteiger partial charge in [-0.2, -0.15) is 0 Å². The van der Waals surface area contributed by atoms with Crippen molar-refractivity contribution in [1.82, 2.24) is 15.0 Å². The standard InChI is InChI=1S/C17H15FN4O2/c1-24-17-10(3-2-6-19-17)12-8-20-15-9(12)4-5-14(21-15)22-16(23)11-7-13(11)18/h2-6,8,11,13H,7H2,1H3,(H2,20,21,22,23)/t11-,13+/m0/s1. The molecule has 2 atom stereocenters. The van der Waals surface area contributed by atoms with Crippen molar-refractivity contribution in [3.05, 3.63) is 36.7 Å². The van der Waals surface area contributed by atoms with Crippen LogP contribution in [0.4, 0.5) is 10.2 Å². The number of methoxy groups -OCH3 is 1. The lowest BCUT2D eigenvalue weighted by Crippen LogP contribution is -2.15. The molecule has 1 aliphatic rings. The Kier molecular flexibility index (Phi) is 3.41. The van der Waals surface area contributed by atoms with E-state index in [0.29, 0.717) is 23.8 Å². The summed E-state index contributed by atoms with van der Waals surface area (Å²) in [5, 5.41) is 3.53. The normalized spacial score (nSPS) is 19.2. The Morgan fingerprint density at radius 3 is 2.96 bits per heavy atom. The molecule has 24 heavy (non-hydrogen) atoms. The lowest BCUT2D eigenvalue weighted by molar-refractivity contribution is -0.117. The van der Waals surface area contributed by atoms with Crippen LogP contribution in [0.25, 0.3) is 22.2 Å². The molecule has 4 rings (SSSR count). The predicted molar refractivity (Wildman–Crippen MR) is 87.5 cm³/mol. The van der Waals surface area contributed by atoms with Gasteiger partial charge in [0.25, 0.3) is 0 Å². The summed E-state index contributed by atoms with van der Waals surface area (Å²) in [4.78, 5) is 23.5. The number of H-pyrrole nitrogens is 1. The van der Waals surface area contributed by atoms with Crippen molar-refractivity contribution < 1.29 is 13.9 Å². The number of rotatable bonds is 4. The largest absolute Gasteiger partial charge is 0.481 e. The van der Waals surface area contributed by atoms with Gasteiger partial charge in [-0.25, -0.2) is 14.4 Å². The Balaban J connectivity index is 1.67. The number of anilines is 1. The van der Waals surface area contributed by atoms with E-state index in [1.165, 1.54) is 0 Å². The van der Waals surface area contributed by atoms with E-state index in [9.17, 15) is 9.18 Å².